The molecule has 1 amide bonds. The van der Waals surface area contributed by atoms with E-state index < -0.39 is 27.5 Å². The van der Waals surface area contributed by atoms with Gasteiger partial charge in [-0.2, -0.15) is 5.10 Å². The molecule has 0 bridgehead atoms. The number of nitrogens with one attached hydrogen (secondary N) is 2. The molecule has 0 saturated heterocycles. The number of aromatic nitrogens is 3. The maximum Gasteiger partial charge on any atom is 0.312 e. The summed E-state index contributed by atoms with van der Waals surface area (Å²) in [5.41, 5.74) is 2.93. The number of nitro groups is 1. The molecular weight excluding hydrogens is 665 g/mol. The number of benzene rings is 2. The first kappa shape index (κ1) is 27.6. The lowest BCUT2D eigenvalue weighted by molar-refractivity contribution is -0.385. The van der Waals surface area contributed by atoms with Gasteiger partial charge in [-0.05, 0) is 59.8 Å². The molecule has 3 N–H and O–H groups in total. The lowest BCUT2D eigenvalue weighted by Gasteiger charge is -2.12. The molecule has 0 spiro atoms. The summed E-state index contributed by atoms with van der Waals surface area (Å²) in [6, 6.07) is 10.6. The predicted octanol–water partition coefficient (Wildman–Crippen LogP) is 4.69. The molecule has 0 radical (unpaired) electrons. The molecule has 1 unspecified atom stereocenters. The normalized spacial score (nSPS) is 11.9. The van der Waals surface area contributed by atoms with E-state index in [2.05, 4.69) is 71.1 Å². The minimum atomic E-state index is -0.710. The second-order valence-corrected chi connectivity index (χ2v) is 10.7. The SMILES string of the molecule is C=CCn1c(CNc2ccc(I)cc2)nnc1SC(C)C(=O)N/N=C/c1cc(Br)cc([N+](=O)[O-])c1O. The van der Waals surface area contributed by atoms with E-state index >= 15 is 0 Å². The van der Waals surface area contributed by atoms with Gasteiger partial charge < -0.3 is 15.0 Å². The summed E-state index contributed by atoms with van der Waals surface area (Å²) >= 11 is 6.59. The lowest BCUT2D eigenvalue weighted by atomic mass is 10.2. The van der Waals surface area contributed by atoms with Gasteiger partial charge in [0.2, 0.25) is 5.75 Å². The molecular formula is C22H21BrIN7O4S. The number of carbonyl (C=O) groups is 1. The first-order chi connectivity index (χ1) is 17.2. The van der Waals surface area contributed by atoms with Crippen LogP contribution in [0.1, 0.15) is 18.3 Å². The quantitative estimate of drug-likeness (QED) is 0.0658. The first-order valence-corrected chi connectivity index (χ1v) is 13.1. The van der Waals surface area contributed by atoms with Gasteiger partial charge in [0.05, 0.1) is 22.9 Å². The Morgan fingerprint density at radius 2 is 2.11 bits per heavy atom. The average Bonchev–Trinajstić information content (AvgIpc) is 3.21. The van der Waals surface area contributed by atoms with Crippen molar-refractivity contribution < 1.29 is 14.8 Å². The number of phenols is 1. The Morgan fingerprint density at radius 1 is 1.39 bits per heavy atom. The van der Waals surface area contributed by atoms with E-state index in [0.717, 1.165) is 15.5 Å². The van der Waals surface area contributed by atoms with Crippen molar-refractivity contribution in [3.8, 4) is 5.75 Å². The van der Waals surface area contributed by atoms with E-state index in [0.29, 0.717) is 28.5 Å². The van der Waals surface area contributed by atoms with Crippen molar-refractivity contribution in [1.82, 2.24) is 20.2 Å². The Hall–Kier alpha value is -2.98. The number of rotatable bonds is 11. The Bertz CT molecular complexity index is 1300. The van der Waals surface area contributed by atoms with Crippen LogP contribution in [0.4, 0.5) is 11.4 Å². The van der Waals surface area contributed by atoms with Crippen LogP contribution in [0.25, 0.3) is 0 Å². The number of aromatic hydroxyl groups is 1. The van der Waals surface area contributed by atoms with E-state index in [9.17, 15) is 20.0 Å². The van der Waals surface area contributed by atoms with Crippen molar-refractivity contribution in [3.05, 3.63) is 78.6 Å². The van der Waals surface area contributed by atoms with E-state index in [4.69, 9.17) is 0 Å². The average molecular weight is 686 g/mol. The van der Waals surface area contributed by atoms with Gasteiger partial charge in [0.1, 0.15) is 0 Å². The van der Waals surface area contributed by atoms with Crippen molar-refractivity contribution >= 4 is 73.8 Å². The number of hydrogen-bond acceptors (Lipinski definition) is 9. The van der Waals surface area contributed by atoms with Crippen LogP contribution in [-0.4, -0.2) is 42.2 Å². The van der Waals surface area contributed by atoms with Crippen molar-refractivity contribution in [2.75, 3.05) is 5.32 Å². The number of phenolic OH excluding ortho intramolecular Hbond substituents is 1. The molecule has 11 nitrogen and oxygen atoms in total. The van der Waals surface area contributed by atoms with E-state index in [1.165, 1.54) is 23.9 Å². The summed E-state index contributed by atoms with van der Waals surface area (Å²) in [4.78, 5) is 22.9. The summed E-state index contributed by atoms with van der Waals surface area (Å²) in [6.45, 7) is 6.38. The zero-order valence-electron chi connectivity index (χ0n) is 18.9. The fourth-order valence-electron chi connectivity index (χ4n) is 2.91. The van der Waals surface area contributed by atoms with Crippen LogP contribution in [0.3, 0.4) is 0 Å². The molecule has 0 fully saturated rings. The number of nitro benzene ring substituents is 1. The maximum absolute atomic E-state index is 12.6. The lowest BCUT2D eigenvalue weighted by Crippen LogP contribution is -2.27. The number of amides is 1. The van der Waals surface area contributed by atoms with Gasteiger partial charge in [-0.1, -0.05) is 33.8 Å². The van der Waals surface area contributed by atoms with Gasteiger partial charge >= 0.3 is 5.69 Å². The summed E-state index contributed by atoms with van der Waals surface area (Å²) in [5, 5.41) is 36.7. The van der Waals surface area contributed by atoms with Gasteiger partial charge in [0.25, 0.3) is 5.91 Å². The van der Waals surface area contributed by atoms with Crippen molar-refractivity contribution in [1.29, 1.82) is 0 Å². The second-order valence-electron chi connectivity index (χ2n) is 7.27. The highest BCUT2D eigenvalue weighted by Crippen LogP contribution is 2.32. The molecule has 0 aliphatic heterocycles. The van der Waals surface area contributed by atoms with Crippen LogP contribution in [0.5, 0.6) is 5.75 Å². The van der Waals surface area contributed by atoms with Gasteiger partial charge in [0.15, 0.2) is 11.0 Å². The molecule has 0 aliphatic rings. The molecule has 1 heterocycles. The Morgan fingerprint density at radius 3 is 2.78 bits per heavy atom. The highest BCUT2D eigenvalue weighted by atomic mass is 127. The van der Waals surface area contributed by atoms with Gasteiger partial charge in [-0.3, -0.25) is 14.9 Å². The fraction of sp³-hybridized carbons (Fsp3) is 0.182. The van der Waals surface area contributed by atoms with Crippen LogP contribution in [-0.2, 0) is 17.9 Å². The van der Waals surface area contributed by atoms with Crippen LogP contribution < -0.4 is 10.7 Å². The molecule has 0 aliphatic carbocycles. The molecule has 0 saturated carbocycles. The standard InChI is InChI=1S/C22H21BrIN7O4S/c1-3-8-30-19(12-25-17-6-4-16(24)5-7-17)27-29-22(30)36-13(2)21(33)28-26-11-14-9-15(23)10-18(20(14)32)31(34)35/h3-7,9-11,13,25,32H,1,8,12H2,2H3,(H,28,33)/b26-11+. The Labute approximate surface area is 232 Å². The zero-order valence-corrected chi connectivity index (χ0v) is 23.4. The zero-order chi connectivity index (χ0) is 26.2. The minimum Gasteiger partial charge on any atom is -0.502 e. The second kappa shape index (κ2) is 12.8. The topological polar surface area (TPSA) is 148 Å². The minimum absolute atomic E-state index is 0.0766. The number of carbonyl (C=O) groups excluding carboxylic acids is 1. The van der Waals surface area contributed by atoms with Crippen LogP contribution in [0.2, 0.25) is 0 Å². The third-order valence-corrected chi connectivity index (χ3v) is 6.97. The smallest absolute Gasteiger partial charge is 0.312 e. The summed E-state index contributed by atoms with van der Waals surface area (Å²) in [7, 11) is 0. The molecule has 3 rings (SSSR count). The molecule has 3 aromatic rings. The summed E-state index contributed by atoms with van der Waals surface area (Å²) in [5.74, 6) is -0.284. The van der Waals surface area contributed by atoms with Crippen LogP contribution in [0, 0.1) is 13.7 Å². The number of hydrazone groups is 1. The monoisotopic (exact) mass is 685 g/mol. The molecule has 36 heavy (non-hydrogen) atoms. The molecule has 1 atom stereocenters. The Kier molecular flexibility index (Phi) is 9.83. The first-order valence-electron chi connectivity index (χ1n) is 10.4. The number of allylic oxidation sites excluding steroid dienone is 1. The van der Waals surface area contributed by atoms with Crippen LogP contribution in [0.15, 0.2) is 63.8 Å². The van der Waals surface area contributed by atoms with Gasteiger partial charge in [-0.15, -0.1) is 16.8 Å². The van der Waals surface area contributed by atoms with E-state index in [1.54, 1.807) is 13.0 Å². The number of halogens is 2. The molecule has 188 valence electrons. The van der Waals surface area contributed by atoms with E-state index in [-0.39, 0.29) is 5.56 Å². The van der Waals surface area contributed by atoms with Gasteiger partial charge in [0, 0.05) is 31.9 Å². The number of thioether (sulfide) groups is 1. The van der Waals surface area contributed by atoms with Crippen molar-refractivity contribution in [3.63, 3.8) is 0 Å². The molecule has 1 aromatic heterocycles. The number of hydrogen-bond donors (Lipinski definition) is 3. The van der Waals surface area contributed by atoms with Gasteiger partial charge in [-0.25, -0.2) is 5.43 Å². The largest absolute Gasteiger partial charge is 0.502 e. The number of anilines is 1. The van der Waals surface area contributed by atoms with Crippen LogP contribution >= 0.6 is 50.3 Å². The maximum atomic E-state index is 12.6. The summed E-state index contributed by atoms with van der Waals surface area (Å²) < 4.78 is 3.39. The highest BCUT2D eigenvalue weighted by molar-refractivity contribution is 14.1. The Balaban J connectivity index is 1.64. The summed E-state index contributed by atoms with van der Waals surface area (Å²) in [6.07, 6.45) is 2.86. The molecule has 14 heteroatoms. The van der Waals surface area contributed by atoms with Crippen molar-refractivity contribution in [2.45, 2.75) is 30.4 Å². The molecule has 2 aromatic carbocycles. The third kappa shape index (κ3) is 7.27. The predicted molar refractivity (Wildman–Crippen MR) is 150 cm³/mol. The fourth-order valence-corrected chi connectivity index (χ4v) is 4.60. The highest BCUT2D eigenvalue weighted by Gasteiger charge is 2.20. The van der Waals surface area contributed by atoms with Crippen molar-refractivity contribution in [2.24, 2.45) is 5.10 Å². The number of nitrogens with zero attached hydrogens (tertiary/aromatic N) is 5. The third-order valence-electron chi connectivity index (χ3n) is 4.71. The van der Waals surface area contributed by atoms with E-state index in [1.807, 2.05) is 28.8 Å².